The second kappa shape index (κ2) is 15.1. The van der Waals surface area contributed by atoms with Gasteiger partial charge in [-0.25, -0.2) is 0 Å². The minimum Gasteiger partial charge on any atom is -0.385 e. The predicted octanol–water partition coefficient (Wildman–Crippen LogP) is 3.60. The molecule has 0 radical (unpaired) electrons. The minimum absolute atomic E-state index is 0. The Morgan fingerprint density at radius 1 is 1.18 bits per heavy atom. The normalized spacial score (nSPS) is 20.2. The molecule has 0 amide bonds. The molecule has 0 saturated carbocycles. The molecule has 0 spiro atoms. The maximum atomic E-state index is 6.01. The third-order valence-corrected chi connectivity index (χ3v) is 6.66. The summed E-state index contributed by atoms with van der Waals surface area (Å²) in [4.78, 5) is 6.95. The Bertz CT molecular complexity index is 677. The van der Waals surface area contributed by atoms with Crippen LogP contribution in [0.4, 0.5) is 0 Å². The SMILES string of the molecule is CN=C(NCC1(NC(C)c2ccccc2)CCOCC1)N1CCC(OCCCOC)CC1.I. The number of likely N-dealkylation sites (tertiary alicyclic amines) is 1. The average Bonchev–Trinajstić information content (AvgIpc) is 2.84. The summed E-state index contributed by atoms with van der Waals surface area (Å²) in [5.74, 6) is 0.989. The van der Waals surface area contributed by atoms with Gasteiger partial charge in [0.1, 0.15) is 0 Å². The molecule has 2 heterocycles. The van der Waals surface area contributed by atoms with E-state index >= 15 is 0 Å². The molecule has 188 valence electrons. The second-order valence-electron chi connectivity index (χ2n) is 8.97. The van der Waals surface area contributed by atoms with Gasteiger partial charge >= 0.3 is 0 Å². The summed E-state index contributed by atoms with van der Waals surface area (Å²) in [5, 5.41) is 7.61. The largest absolute Gasteiger partial charge is 0.385 e. The van der Waals surface area contributed by atoms with E-state index in [0.29, 0.717) is 6.10 Å². The molecule has 7 nitrogen and oxygen atoms in total. The number of piperidine rings is 1. The maximum absolute atomic E-state index is 6.01. The van der Waals surface area contributed by atoms with Crippen LogP contribution in [0.1, 0.15) is 50.6 Å². The van der Waals surface area contributed by atoms with Crippen molar-refractivity contribution in [3.05, 3.63) is 35.9 Å². The molecule has 33 heavy (non-hydrogen) atoms. The molecule has 2 aliphatic rings. The summed E-state index contributed by atoms with van der Waals surface area (Å²) in [5.41, 5.74) is 1.31. The average molecular weight is 575 g/mol. The Morgan fingerprint density at radius 2 is 1.88 bits per heavy atom. The van der Waals surface area contributed by atoms with Gasteiger partial charge in [-0.3, -0.25) is 4.99 Å². The molecular formula is C25H43IN4O3. The number of benzene rings is 1. The number of rotatable bonds is 10. The molecule has 3 rings (SSSR count). The number of guanidine groups is 1. The molecule has 1 atom stereocenters. The first kappa shape index (κ1) is 28.3. The monoisotopic (exact) mass is 574 g/mol. The third kappa shape index (κ3) is 8.98. The number of aliphatic imine (C=N–C) groups is 1. The van der Waals surface area contributed by atoms with Gasteiger partial charge in [0, 0.05) is 71.8 Å². The summed E-state index contributed by atoms with van der Waals surface area (Å²) < 4.78 is 16.8. The van der Waals surface area contributed by atoms with Gasteiger partial charge in [0.05, 0.1) is 6.10 Å². The van der Waals surface area contributed by atoms with Crippen molar-refractivity contribution < 1.29 is 14.2 Å². The highest BCUT2D eigenvalue weighted by molar-refractivity contribution is 14.0. The lowest BCUT2D eigenvalue weighted by molar-refractivity contribution is 0.00948. The van der Waals surface area contributed by atoms with E-state index in [4.69, 9.17) is 14.2 Å². The number of hydrogen-bond donors (Lipinski definition) is 2. The molecule has 1 unspecified atom stereocenters. The van der Waals surface area contributed by atoms with Crippen LogP contribution in [0, 0.1) is 0 Å². The van der Waals surface area contributed by atoms with Gasteiger partial charge in [-0.2, -0.15) is 0 Å². The molecule has 0 aliphatic carbocycles. The number of nitrogens with zero attached hydrogens (tertiary/aromatic N) is 2. The van der Waals surface area contributed by atoms with Crippen LogP contribution in [0.5, 0.6) is 0 Å². The fourth-order valence-electron chi connectivity index (χ4n) is 4.69. The van der Waals surface area contributed by atoms with Crippen molar-refractivity contribution in [1.82, 2.24) is 15.5 Å². The van der Waals surface area contributed by atoms with E-state index in [0.717, 1.165) is 84.1 Å². The van der Waals surface area contributed by atoms with E-state index in [-0.39, 0.29) is 35.6 Å². The van der Waals surface area contributed by atoms with Crippen molar-refractivity contribution in [1.29, 1.82) is 0 Å². The topological polar surface area (TPSA) is 67.4 Å². The Morgan fingerprint density at radius 3 is 2.52 bits per heavy atom. The molecule has 8 heteroatoms. The van der Waals surface area contributed by atoms with Crippen LogP contribution in [0.2, 0.25) is 0 Å². The van der Waals surface area contributed by atoms with Crippen LogP contribution < -0.4 is 10.6 Å². The smallest absolute Gasteiger partial charge is 0.193 e. The van der Waals surface area contributed by atoms with Crippen molar-refractivity contribution >= 4 is 29.9 Å². The van der Waals surface area contributed by atoms with E-state index in [1.165, 1.54) is 5.56 Å². The van der Waals surface area contributed by atoms with E-state index in [2.05, 4.69) is 57.8 Å². The zero-order valence-electron chi connectivity index (χ0n) is 20.6. The highest BCUT2D eigenvalue weighted by atomic mass is 127. The van der Waals surface area contributed by atoms with Gasteiger partial charge in [0.15, 0.2) is 5.96 Å². The van der Waals surface area contributed by atoms with Crippen LogP contribution in [0.3, 0.4) is 0 Å². The number of halogens is 1. The number of nitrogens with one attached hydrogen (secondary N) is 2. The molecule has 2 N–H and O–H groups in total. The summed E-state index contributed by atoms with van der Waals surface area (Å²) in [7, 11) is 3.62. The van der Waals surface area contributed by atoms with E-state index in [9.17, 15) is 0 Å². The Hall–Kier alpha value is -0.940. The molecule has 0 bridgehead atoms. The van der Waals surface area contributed by atoms with Crippen LogP contribution in [0.15, 0.2) is 35.3 Å². The maximum Gasteiger partial charge on any atom is 0.193 e. The lowest BCUT2D eigenvalue weighted by Gasteiger charge is -2.42. The van der Waals surface area contributed by atoms with Crippen molar-refractivity contribution in [3.63, 3.8) is 0 Å². The molecule has 2 aliphatic heterocycles. The Balaban J connectivity index is 0.00000385. The fraction of sp³-hybridized carbons (Fsp3) is 0.720. The summed E-state index contributed by atoms with van der Waals surface area (Å²) in [6, 6.07) is 10.9. The molecule has 1 aromatic rings. The minimum atomic E-state index is -0.00771. The second-order valence-corrected chi connectivity index (χ2v) is 8.97. The van der Waals surface area contributed by atoms with Gasteiger partial charge in [-0.15, -0.1) is 24.0 Å². The van der Waals surface area contributed by atoms with Gasteiger partial charge < -0.3 is 29.7 Å². The molecule has 2 fully saturated rings. The van der Waals surface area contributed by atoms with Gasteiger partial charge in [-0.1, -0.05) is 30.3 Å². The lowest BCUT2D eigenvalue weighted by Crippen LogP contribution is -2.59. The fourth-order valence-corrected chi connectivity index (χ4v) is 4.69. The number of ether oxygens (including phenoxy) is 3. The van der Waals surface area contributed by atoms with Crippen molar-refractivity contribution in [2.24, 2.45) is 4.99 Å². The quantitative estimate of drug-likeness (QED) is 0.193. The van der Waals surface area contributed by atoms with E-state index in [1.54, 1.807) is 7.11 Å². The van der Waals surface area contributed by atoms with Gasteiger partial charge in [0.2, 0.25) is 0 Å². The molecule has 1 aromatic carbocycles. The van der Waals surface area contributed by atoms with Crippen LogP contribution in [-0.2, 0) is 14.2 Å². The zero-order valence-corrected chi connectivity index (χ0v) is 22.9. The lowest BCUT2D eigenvalue weighted by atomic mass is 9.88. The van der Waals surface area contributed by atoms with Gasteiger partial charge in [0.25, 0.3) is 0 Å². The third-order valence-electron chi connectivity index (χ3n) is 6.66. The van der Waals surface area contributed by atoms with E-state index in [1.807, 2.05) is 7.05 Å². The van der Waals surface area contributed by atoms with Crippen LogP contribution >= 0.6 is 24.0 Å². The number of hydrogen-bond acceptors (Lipinski definition) is 5. The molecular weight excluding hydrogens is 531 g/mol. The number of methoxy groups -OCH3 is 1. The van der Waals surface area contributed by atoms with Crippen molar-refractivity contribution in [2.45, 2.75) is 56.7 Å². The Labute approximate surface area is 217 Å². The highest BCUT2D eigenvalue weighted by Crippen LogP contribution is 2.25. The van der Waals surface area contributed by atoms with Crippen LogP contribution in [-0.4, -0.2) is 82.7 Å². The molecule has 0 aromatic heterocycles. The van der Waals surface area contributed by atoms with Crippen molar-refractivity contribution in [3.8, 4) is 0 Å². The van der Waals surface area contributed by atoms with Crippen LogP contribution in [0.25, 0.3) is 0 Å². The summed E-state index contributed by atoms with van der Waals surface area (Å²) in [6.07, 6.45) is 5.36. The standard InChI is InChI=1S/C25H42N4O3.HI/c1-21(22-8-5-4-6-9-22)28-25(12-18-31-19-13-25)20-27-24(26-2)29-14-10-23(11-15-29)32-17-7-16-30-3;/h4-6,8-9,21,23,28H,7,10-20H2,1-3H3,(H,26,27);1H. The summed E-state index contributed by atoms with van der Waals surface area (Å²) in [6.45, 7) is 8.16. The zero-order chi connectivity index (χ0) is 22.7. The first-order valence-corrected chi connectivity index (χ1v) is 12.1. The van der Waals surface area contributed by atoms with E-state index < -0.39 is 0 Å². The molecule has 2 saturated heterocycles. The Kier molecular flexibility index (Phi) is 13.0. The first-order chi connectivity index (χ1) is 15.7. The predicted molar refractivity (Wildman–Crippen MR) is 145 cm³/mol. The van der Waals surface area contributed by atoms with Crippen molar-refractivity contribution in [2.75, 3.05) is 60.2 Å². The van der Waals surface area contributed by atoms with Gasteiger partial charge in [-0.05, 0) is 44.6 Å². The first-order valence-electron chi connectivity index (χ1n) is 12.1. The highest BCUT2D eigenvalue weighted by Gasteiger charge is 2.34. The summed E-state index contributed by atoms with van der Waals surface area (Å²) >= 11 is 0.